The van der Waals surface area contributed by atoms with Crippen molar-refractivity contribution in [3.63, 3.8) is 0 Å². The maximum absolute atomic E-state index is 12.7. The molecule has 2 aromatic carbocycles. The number of carbonyl (C=O) groups is 2. The van der Waals surface area contributed by atoms with Crippen molar-refractivity contribution in [1.82, 2.24) is 20.2 Å². The van der Waals surface area contributed by atoms with Gasteiger partial charge in [-0.05, 0) is 66.3 Å². The van der Waals surface area contributed by atoms with Crippen LogP contribution in [-0.2, 0) is 19.7 Å². The van der Waals surface area contributed by atoms with Gasteiger partial charge in [-0.2, -0.15) is 0 Å². The highest BCUT2D eigenvalue weighted by Crippen LogP contribution is 2.32. The lowest BCUT2D eigenvalue weighted by molar-refractivity contribution is -0.146. The molecular formula is C27H32N6O7S. The molecule has 218 valence electrons. The summed E-state index contributed by atoms with van der Waals surface area (Å²) in [5.41, 5.74) is 1.24. The van der Waals surface area contributed by atoms with Gasteiger partial charge in [-0.15, -0.1) is 0 Å². The lowest BCUT2D eigenvalue weighted by Crippen LogP contribution is -2.39. The topological polar surface area (TPSA) is 161 Å². The number of nitrogens with zero attached hydrogens (tertiary/aromatic N) is 3. The Bertz CT molecular complexity index is 1430. The Balaban J connectivity index is 1.23. The Labute approximate surface area is 238 Å². The highest BCUT2D eigenvalue weighted by Gasteiger charge is 2.23. The van der Waals surface area contributed by atoms with E-state index >= 15 is 0 Å². The highest BCUT2D eigenvalue weighted by molar-refractivity contribution is 7.89. The van der Waals surface area contributed by atoms with Crippen molar-refractivity contribution < 1.29 is 32.3 Å². The van der Waals surface area contributed by atoms with E-state index in [9.17, 15) is 18.0 Å². The summed E-state index contributed by atoms with van der Waals surface area (Å²) in [7, 11) is -1.06. The van der Waals surface area contributed by atoms with Gasteiger partial charge in [0.15, 0.2) is 0 Å². The third-order valence-electron chi connectivity index (χ3n) is 6.43. The molecule has 1 fully saturated rings. The molecule has 0 bridgehead atoms. The highest BCUT2D eigenvalue weighted by atomic mass is 32.2. The fraction of sp³-hybridized carbons (Fsp3) is 0.333. The van der Waals surface area contributed by atoms with E-state index in [1.165, 1.54) is 31.4 Å². The first-order valence-corrected chi connectivity index (χ1v) is 14.4. The molecule has 0 atom stereocenters. The molecule has 1 aliphatic rings. The molecule has 0 radical (unpaired) electrons. The molecule has 1 amide bonds. The van der Waals surface area contributed by atoms with E-state index in [2.05, 4.69) is 30.3 Å². The SMILES string of the molecule is COc1ccc(S(=O)(=O)NOC(=O)CCNC(=O)c2ccc(N3CCC(Nc4ncccn4)CC3)c(OC)c2)cc1. The molecule has 0 spiro atoms. The number of sulfonamides is 1. The van der Waals surface area contributed by atoms with Crippen molar-refractivity contribution in [2.24, 2.45) is 0 Å². The van der Waals surface area contributed by atoms with E-state index in [0.717, 1.165) is 31.6 Å². The number of hydrogen-bond acceptors (Lipinski definition) is 11. The first-order chi connectivity index (χ1) is 19.8. The van der Waals surface area contributed by atoms with Crippen molar-refractivity contribution in [3.05, 3.63) is 66.5 Å². The molecule has 14 heteroatoms. The number of nitrogens with one attached hydrogen (secondary N) is 3. The second kappa shape index (κ2) is 13.8. The van der Waals surface area contributed by atoms with Gasteiger partial charge in [0.1, 0.15) is 11.5 Å². The lowest BCUT2D eigenvalue weighted by atomic mass is 10.0. The molecule has 1 saturated heterocycles. The van der Waals surface area contributed by atoms with Crippen LogP contribution < -0.4 is 29.9 Å². The summed E-state index contributed by atoms with van der Waals surface area (Å²) < 4.78 is 35.1. The third kappa shape index (κ3) is 8.05. The van der Waals surface area contributed by atoms with Gasteiger partial charge in [0.05, 0.1) is 31.2 Å². The van der Waals surface area contributed by atoms with Crippen molar-refractivity contribution in [2.45, 2.75) is 30.2 Å². The number of aromatic nitrogens is 2. The monoisotopic (exact) mass is 584 g/mol. The molecule has 1 aromatic heterocycles. The molecule has 1 aliphatic heterocycles. The smallest absolute Gasteiger partial charge is 0.327 e. The molecule has 2 heterocycles. The second-order valence-corrected chi connectivity index (χ2v) is 10.8. The molecule has 13 nitrogen and oxygen atoms in total. The number of carbonyl (C=O) groups excluding carboxylic acids is 2. The largest absolute Gasteiger partial charge is 0.497 e. The Morgan fingerprint density at radius 2 is 1.71 bits per heavy atom. The fourth-order valence-electron chi connectivity index (χ4n) is 4.24. The molecule has 0 aliphatic carbocycles. The molecular weight excluding hydrogens is 552 g/mol. The van der Waals surface area contributed by atoms with E-state index in [0.29, 0.717) is 23.0 Å². The summed E-state index contributed by atoms with van der Waals surface area (Å²) in [4.78, 5) is 41.7. The number of benzene rings is 2. The lowest BCUT2D eigenvalue weighted by Gasteiger charge is -2.34. The minimum Gasteiger partial charge on any atom is -0.497 e. The third-order valence-corrected chi connectivity index (χ3v) is 7.62. The zero-order chi connectivity index (χ0) is 29.2. The summed E-state index contributed by atoms with van der Waals surface area (Å²) in [6.45, 7) is 1.52. The van der Waals surface area contributed by atoms with Crippen molar-refractivity contribution in [1.29, 1.82) is 0 Å². The second-order valence-electron chi connectivity index (χ2n) is 9.11. The van der Waals surface area contributed by atoms with Crippen LogP contribution in [0.2, 0.25) is 0 Å². The van der Waals surface area contributed by atoms with Crippen LogP contribution >= 0.6 is 0 Å². The van der Waals surface area contributed by atoms with E-state index in [1.807, 2.05) is 6.07 Å². The van der Waals surface area contributed by atoms with E-state index in [4.69, 9.17) is 9.47 Å². The Morgan fingerprint density at radius 1 is 1.00 bits per heavy atom. The van der Waals surface area contributed by atoms with Gasteiger partial charge in [-0.25, -0.2) is 18.4 Å². The maximum Gasteiger partial charge on any atom is 0.327 e. The van der Waals surface area contributed by atoms with Gasteiger partial charge < -0.3 is 29.8 Å². The average Bonchev–Trinajstić information content (AvgIpc) is 3.00. The van der Waals surface area contributed by atoms with Gasteiger partial charge in [0.2, 0.25) is 5.95 Å². The van der Waals surface area contributed by atoms with Crippen molar-refractivity contribution >= 4 is 33.5 Å². The van der Waals surface area contributed by atoms with Crippen molar-refractivity contribution in [3.8, 4) is 11.5 Å². The van der Waals surface area contributed by atoms with Crippen LogP contribution in [0.4, 0.5) is 11.6 Å². The fourth-order valence-corrected chi connectivity index (χ4v) is 5.03. The van der Waals surface area contributed by atoms with Crippen LogP contribution in [0.1, 0.15) is 29.6 Å². The first-order valence-electron chi connectivity index (χ1n) is 12.9. The Morgan fingerprint density at radius 3 is 2.37 bits per heavy atom. The quantitative estimate of drug-likeness (QED) is 0.268. The zero-order valence-corrected chi connectivity index (χ0v) is 23.5. The zero-order valence-electron chi connectivity index (χ0n) is 22.7. The summed E-state index contributed by atoms with van der Waals surface area (Å²) in [6.07, 6.45) is 4.93. The summed E-state index contributed by atoms with van der Waals surface area (Å²) in [5.74, 6) is 0.390. The minimum absolute atomic E-state index is 0.0579. The summed E-state index contributed by atoms with van der Waals surface area (Å²) >= 11 is 0. The summed E-state index contributed by atoms with van der Waals surface area (Å²) in [5, 5.41) is 5.99. The average molecular weight is 585 g/mol. The molecule has 41 heavy (non-hydrogen) atoms. The number of methoxy groups -OCH3 is 2. The number of amides is 1. The predicted octanol–water partition coefficient (Wildman–Crippen LogP) is 2.13. The molecule has 3 aromatic rings. The number of ether oxygens (including phenoxy) is 2. The minimum atomic E-state index is -4.07. The van der Waals surface area contributed by atoms with E-state index in [-0.39, 0.29) is 23.9 Å². The van der Waals surface area contributed by atoms with Gasteiger partial charge in [-0.3, -0.25) is 9.59 Å². The number of hydrogen-bond donors (Lipinski definition) is 3. The van der Waals surface area contributed by atoms with Crippen LogP contribution in [0.25, 0.3) is 0 Å². The number of rotatable bonds is 12. The maximum atomic E-state index is 12.7. The van der Waals surface area contributed by atoms with Gasteiger partial charge in [-0.1, -0.05) is 0 Å². The van der Waals surface area contributed by atoms with Crippen LogP contribution in [0.15, 0.2) is 65.8 Å². The van der Waals surface area contributed by atoms with Crippen LogP contribution in [0.5, 0.6) is 11.5 Å². The van der Waals surface area contributed by atoms with Crippen LogP contribution in [-0.4, -0.2) is 70.2 Å². The van der Waals surface area contributed by atoms with Gasteiger partial charge >= 0.3 is 5.97 Å². The standard InChI is InChI=1S/C27H32N6O7S/c1-38-21-5-7-22(8-6-21)41(36,37)32-40-25(34)10-15-28-26(35)19-4-9-23(24(18-19)39-2)33-16-11-20(12-17-33)31-27-29-13-3-14-30-27/h3-9,13-14,18,20,32H,10-12,15-17H2,1-2H3,(H,28,35)(H,29,30,31). The molecule has 4 rings (SSSR count). The van der Waals surface area contributed by atoms with E-state index < -0.39 is 21.9 Å². The number of anilines is 2. The number of piperidine rings is 1. The first kappa shape index (κ1) is 29.6. The van der Waals surface area contributed by atoms with Crippen LogP contribution in [0, 0.1) is 0 Å². The molecule has 0 unspecified atom stereocenters. The Hall–Kier alpha value is -4.43. The molecule has 0 saturated carbocycles. The normalized spacial score (nSPS) is 13.8. The van der Waals surface area contributed by atoms with Crippen molar-refractivity contribution in [2.75, 3.05) is 44.1 Å². The van der Waals surface area contributed by atoms with Gasteiger partial charge in [0.25, 0.3) is 15.9 Å². The Kier molecular flexibility index (Phi) is 9.92. The predicted molar refractivity (Wildman–Crippen MR) is 150 cm³/mol. The van der Waals surface area contributed by atoms with E-state index in [1.54, 1.807) is 42.6 Å². The summed E-state index contributed by atoms with van der Waals surface area (Å²) in [6, 6.07) is 12.8. The van der Waals surface area contributed by atoms with Crippen LogP contribution in [0.3, 0.4) is 0 Å². The molecule has 3 N–H and O–H groups in total. The van der Waals surface area contributed by atoms with Gasteiger partial charge in [0, 0.05) is 43.6 Å².